The molecular formula is C46H71NO12. The van der Waals surface area contributed by atoms with E-state index in [1.807, 2.05) is 26.0 Å². The van der Waals surface area contributed by atoms with Crippen LogP contribution in [0.3, 0.4) is 0 Å². The molecule has 0 aromatic heterocycles. The lowest BCUT2D eigenvalue weighted by molar-refractivity contribution is -0.274. The summed E-state index contributed by atoms with van der Waals surface area (Å²) in [5.74, 6) is -5.68. The molecule has 332 valence electrons. The second-order valence-corrected chi connectivity index (χ2v) is 17.4. The zero-order valence-corrected chi connectivity index (χ0v) is 36.1. The molecule has 4 aliphatic rings. The molecule has 0 spiro atoms. The van der Waals surface area contributed by atoms with Crippen molar-refractivity contribution in [3.05, 3.63) is 36.0 Å². The van der Waals surface area contributed by atoms with E-state index in [2.05, 4.69) is 18.9 Å². The maximum Gasteiger partial charge on any atom is 0.329 e. The molecule has 0 aromatic rings. The number of esters is 1. The van der Waals surface area contributed by atoms with Crippen LogP contribution in [0.25, 0.3) is 0 Å². The third-order valence-electron chi connectivity index (χ3n) is 12.7. The second kappa shape index (κ2) is 23.7. The van der Waals surface area contributed by atoms with E-state index in [1.165, 1.54) is 7.11 Å². The lowest BCUT2D eigenvalue weighted by atomic mass is 9.78. The first-order valence-corrected chi connectivity index (χ1v) is 21.4. The molecule has 0 unspecified atom stereocenters. The van der Waals surface area contributed by atoms with Gasteiger partial charge in [-0.2, -0.15) is 0 Å². The number of amides is 1. The highest BCUT2D eigenvalue weighted by Crippen LogP contribution is 2.38. The Labute approximate surface area is 351 Å². The van der Waals surface area contributed by atoms with Crippen LogP contribution in [-0.4, -0.2) is 123 Å². The van der Waals surface area contributed by atoms with Gasteiger partial charge >= 0.3 is 5.97 Å². The van der Waals surface area contributed by atoms with Gasteiger partial charge < -0.3 is 44.6 Å². The highest BCUT2D eigenvalue weighted by Gasteiger charge is 2.52. The van der Waals surface area contributed by atoms with E-state index in [9.17, 15) is 44.7 Å². The number of cyclic esters (lactones) is 1. The van der Waals surface area contributed by atoms with Gasteiger partial charge in [0.05, 0.1) is 24.4 Å². The normalized spacial score (nSPS) is 38.2. The summed E-state index contributed by atoms with van der Waals surface area (Å²) in [4.78, 5) is 57.2. The number of hydrogen-bond donors (Lipinski definition) is 5. The van der Waals surface area contributed by atoms with Crippen molar-refractivity contribution in [3.8, 4) is 12.3 Å². The number of carbonyl (C=O) groups excluding carboxylic acids is 4. The van der Waals surface area contributed by atoms with E-state index < -0.39 is 77.8 Å². The minimum absolute atomic E-state index is 0.0152. The molecule has 1 aliphatic carbocycles. The molecule has 3 aliphatic heterocycles. The Morgan fingerprint density at radius 2 is 1.71 bits per heavy atom. The summed E-state index contributed by atoms with van der Waals surface area (Å²) in [5.41, 5.74) is 1.55. The fraction of sp³-hybridized carbons (Fsp3) is 0.739. The molecule has 5 N–H and O–H groups in total. The number of hydrogen-bond acceptors (Lipinski definition) is 12. The molecule has 13 nitrogen and oxygen atoms in total. The van der Waals surface area contributed by atoms with Crippen molar-refractivity contribution in [2.24, 2.45) is 35.5 Å². The Hall–Kier alpha value is -3.22. The minimum Gasteiger partial charge on any atom is -0.456 e. The third kappa shape index (κ3) is 13.4. The number of nitrogens with zero attached hydrogens (tertiary/aromatic N) is 1. The first-order chi connectivity index (χ1) is 28.0. The Morgan fingerprint density at radius 3 is 2.34 bits per heavy atom. The predicted molar refractivity (Wildman–Crippen MR) is 222 cm³/mol. The van der Waals surface area contributed by atoms with Crippen LogP contribution in [-0.2, 0) is 33.4 Å². The van der Waals surface area contributed by atoms with Gasteiger partial charge in [0.2, 0.25) is 5.79 Å². The maximum atomic E-state index is 14.2. The average molecular weight is 830 g/mol. The highest BCUT2D eigenvalue weighted by atomic mass is 16.6. The van der Waals surface area contributed by atoms with Gasteiger partial charge in [0, 0.05) is 63.4 Å². The van der Waals surface area contributed by atoms with Crippen LogP contribution in [0.1, 0.15) is 112 Å². The Morgan fingerprint density at radius 1 is 1.03 bits per heavy atom. The van der Waals surface area contributed by atoms with E-state index in [1.54, 1.807) is 26.8 Å². The number of Topliss-reactive ketones (excluding diaryl/α,β-unsaturated/α-hetero) is 2. The van der Waals surface area contributed by atoms with Gasteiger partial charge in [0.25, 0.3) is 11.7 Å². The Bertz CT molecular complexity index is 1540. The number of ether oxygens (including phenoxy) is 3. The molecular weight excluding hydrogens is 759 g/mol. The molecule has 59 heavy (non-hydrogen) atoms. The first kappa shape index (κ1) is 50.1. The molecule has 1 saturated carbocycles. The van der Waals surface area contributed by atoms with Crippen LogP contribution in [0.5, 0.6) is 0 Å². The minimum atomic E-state index is -2.51. The lowest BCUT2D eigenvalue weighted by Crippen LogP contribution is -2.60. The lowest BCUT2D eigenvalue weighted by Gasteiger charge is -2.44. The number of carbonyl (C=O) groups is 4. The van der Waals surface area contributed by atoms with Gasteiger partial charge in [-0.1, -0.05) is 37.6 Å². The Kier molecular flexibility index (Phi) is 20.1. The fourth-order valence-electron chi connectivity index (χ4n) is 9.32. The number of rotatable bonds is 7. The van der Waals surface area contributed by atoms with Crippen LogP contribution in [0.15, 0.2) is 36.0 Å². The molecule has 0 radical (unpaired) electrons. The molecule has 2 bridgehead atoms. The largest absolute Gasteiger partial charge is 0.456 e. The Balaban J connectivity index is 0.00000300. The predicted octanol–water partition coefficient (Wildman–Crippen LogP) is 4.22. The molecule has 2 saturated heterocycles. The van der Waals surface area contributed by atoms with Crippen molar-refractivity contribution in [1.29, 1.82) is 0 Å². The van der Waals surface area contributed by atoms with Crippen molar-refractivity contribution in [2.75, 3.05) is 26.9 Å². The van der Waals surface area contributed by atoms with E-state index in [0.29, 0.717) is 56.9 Å². The van der Waals surface area contributed by atoms with E-state index in [4.69, 9.17) is 14.2 Å². The second-order valence-electron chi connectivity index (χ2n) is 17.4. The SMILES string of the molecule is C#CC.C=CC[C@@H]1/C=C(\C)C[C@H](C)C[C@H](OC)[C@H]2O[C@](O)(CC[C@@H]2CO)C(=O)C(=O)N2CCCC[C@H]2C(=O)O[C@H](/C(C)=C/[C@@H]2CC[C@@H](O)[C@H](CO)C2)[C@H](C)[C@@H](O)CC1=O. The summed E-state index contributed by atoms with van der Waals surface area (Å²) in [5, 5.41) is 53.9. The molecule has 3 fully saturated rings. The highest BCUT2D eigenvalue weighted by molar-refractivity contribution is 6.39. The van der Waals surface area contributed by atoms with Crippen molar-refractivity contribution >= 4 is 23.4 Å². The molecule has 3 heterocycles. The smallest absolute Gasteiger partial charge is 0.329 e. The van der Waals surface area contributed by atoms with Crippen molar-refractivity contribution in [3.63, 3.8) is 0 Å². The van der Waals surface area contributed by atoms with Gasteiger partial charge in [-0.3, -0.25) is 14.4 Å². The first-order valence-electron chi connectivity index (χ1n) is 21.4. The van der Waals surface area contributed by atoms with Gasteiger partial charge in [0.15, 0.2) is 0 Å². The van der Waals surface area contributed by atoms with E-state index in [0.717, 1.165) is 10.5 Å². The fourth-order valence-corrected chi connectivity index (χ4v) is 9.32. The molecule has 4 rings (SSSR count). The number of methoxy groups -OCH3 is 1. The van der Waals surface area contributed by atoms with Crippen LogP contribution in [0, 0.1) is 47.9 Å². The molecule has 13 heteroatoms. The average Bonchev–Trinajstić information content (AvgIpc) is 3.21. The van der Waals surface area contributed by atoms with Gasteiger partial charge in [-0.15, -0.1) is 18.9 Å². The van der Waals surface area contributed by atoms with E-state index >= 15 is 0 Å². The number of allylic oxidation sites excluding steroid dienone is 4. The standard InChI is InChI=1S/C43H67NO12.C3H4/c1-7-10-30-18-25(2)17-26(3)19-37(54-6)39-31(23-45)14-15-43(53,56-39)40(50)41(51)44-16-9-8-11-33(44)42(52)55-38(28(5)35(48)22-36(30)49)27(4)20-29-12-13-34(47)32(21-29)24-46;1-3-2/h7,18,20,26,28-35,37-39,45-48,53H,1,8-17,19,21-24H2,2-6H3;1H,2H3/b25-18+,27-20+;/t26-,28+,29-,30+,31+,32-,33-,34+,35-,37-,38+,39-,43+;/m0./s1. The number of aliphatic hydroxyl groups is 5. The van der Waals surface area contributed by atoms with Gasteiger partial charge in [-0.25, -0.2) is 4.79 Å². The van der Waals surface area contributed by atoms with Crippen molar-refractivity contribution in [1.82, 2.24) is 4.90 Å². The summed E-state index contributed by atoms with van der Waals surface area (Å²) in [6, 6.07) is -1.16. The number of ketones is 2. The van der Waals surface area contributed by atoms with Crippen LogP contribution < -0.4 is 0 Å². The van der Waals surface area contributed by atoms with Crippen LogP contribution in [0.2, 0.25) is 0 Å². The number of piperidine rings is 1. The van der Waals surface area contributed by atoms with E-state index in [-0.39, 0.29) is 69.0 Å². The van der Waals surface area contributed by atoms with Crippen molar-refractivity contribution in [2.45, 2.75) is 154 Å². The van der Waals surface area contributed by atoms with Crippen LogP contribution >= 0.6 is 0 Å². The zero-order valence-electron chi connectivity index (χ0n) is 36.1. The third-order valence-corrected chi connectivity index (χ3v) is 12.7. The summed E-state index contributed by atoms with van der Waals surface area (Å²) in [6.45, 7) is 12.5. The number of fused-ring (bicyclic) bond motifs is 3. The number of terminal acetylenes is 1. The van der Waals surface area contributed by atoms with Crippen LogP contribution in [0.4, 0.5) is 0 Å². The summed E-state index contributed by atoms with van der Waals surface area (Å²) in [7, 11) is 1.49. The van der Waals surface area contributed by atoms with Crippen molar-refractivity contribution < 1.29 is 58.9 Å². The topological polar surface area (TPSA) is 200 Å². The summed E-state index contributed by atoms with van der Waals surface area (Å²) < 4.78 is 18.2. The maximum absolute atomic E-state index is 14.2. The molecule has 0 aromatic carbocycles. The van der Waals surface area contributed by atoms with Gasteiger partial charge in [0.1, 0.15) is 17.9 Å². The summed E-state index contributed by atoms with van der Waals surface area (Å²) >= 11 is 0. The van der Waals surface area contributed by atoms with Gasteiger partial charge in [-0.05, 0) is 102 Å². The monoisotopic (exact) mass is 829 g/mol. The molecule has 13 atom stereocenters. The zero-order chi connectivity index (χ0) is 44.0. The quantitative estimate of drug-likeness (QED) is 0.106. The number of aliphatic hydroxyl groups excluding tert-OH is 4. The summed E-state index contributed by atoms with van der Waals surface area (Å²) in [6.07, 6.45) is 9.72. The molecule has 1 amide bonds.